The van der Waals surface area contributed by atoms with Crippen LogP contribution in [0.1, 0.15) is 18.1 Å². The monoisotopic (exact) mass is 245 g/mol. The van der Waals surface area contributed by atoms with Crippen molar-refractivity contribution in [2.45, 2.75) is 25.9 Å². The number of halogens is 2. The Morgan fingerprint density at radius 3 is 2.13 bits per heavy atom. The molecule has 84 valence electrons. The van der Waals surface area contributed by atoms with E-state index >= 15 is 0 Å². The molecule has 0 heterocycles. The molecule has 0 atom stereocenters. The van der Waals surface area contributed by atoms with Gasteiger partial charge in [-0.2, -0.15) is 0 Å². The van der Waals surface area contributed by atoms with Gasteiger partial charge in [-0.05, 0) is 19.4 Å². The normalized spacial score (nSPS) is 11.7. The van der Waals surface area contributed by atoms with Gasteiger partial charge in [0.25, 0.3) is 0 Å². The third kappa shape index (κ3) is 4.02. The molecule has 0 aliphatic rings. The van der Waals surface area contributed by atoms with Gasteiger partial charge >= 0.3 is 0 Å². The Bertz CT molecular complexity index is 291. The lowest BCUT2D eigenvalue weighted by Crippen LogP contribution is -2.45. The van der Waals surface area contributed by atoms with Crippen molar-refractivity contribution in [3.63, 3.8) is 0 Å². The molecule has 1 N–H and O–H groups in total. The fraction of sp³-hybridized carbons (Fsp3) is 0.500. The van der Waals surface area contributed by atoms with Crippen LogP contribution >= 0.6 is 23.2 Å². The van der Waals surface area contributed by atoms with Crippen molar-refractivity contribution in [1.82, 2.24) is 5.32 Å². The third-order valence-electron chi connectivity index (χ3n) is 2.43. The smallest absolute Gasteiger partial charge is 0.0427 e. The van der Waals surface area contributed by atoms with Crippen molar-refractivity contribution in [1.29, 1.82) is 0 Å². The minimum Gasteiger partial charge on any atom is -0.305 e. The molecule has 0 unspecified atom stereocenters. The number of hydrogen-bond donors (Lipinski definition) is 1. The first-order chi connectivity index (χ1) is 7.09. The van der Waals surface area contributed by atoms with Crippen molar-refractivity contribution in [3.8, 4) is 0 Å². The van der Waals surface area contributed by atoms with E-state index in [1.165, 1.54) is 11.1 Å². The third-order valence-corrected chi connectivity index (χ3v) is 3.61. The molecule has 3 heteroatoms. The van der Waals surface area contributed by atoms with E-state index in [0.717, 1.165) is 6.54 Å². The van der Waals surface area contributed by atoms with Gasteiger partial charge in [-0.1, -0.05) is 29.8 Å². The number of nitrogens with one attached hydrogen (secondary N) is 1. The summed E-state index contributed by atoms with van der Waals surface area (Å²) in [5.74, 6) is 1.03. The van der Waals surface area contributed by atoms with Gasteiger partial charge in [0, 0.05) is 23.8 Å². The van der Waals surface area contributed by atoms with Gasteiger partial charge in [0.05, 0.1) is 0 Å². The van der Waals surface area contributed by atoms with Crippen LogP contribution in [0.5, 0.6) is 0 Å². The average Bonchev–Trinajstić information content (AvgIpc) is 2.28. The number of alkyl halides is 2. The molecule has 0 aliphatic heterocycles. The van der Waals surface area contributed by atoms with Crippen LogP contribution < -0.4 is 5.32 Å². The maximum Gasteiger partial charge on any atom is 0.0427 e. The summed E-state index contributed by atoms with van der Waals surface area (Å²) in [5.41, 5.74) is 2.34. The molecule has 1 rings (SSSR count). The lowest BCUT2D eigenvalue weighted by molar-refractivity contribution is 0.435. The molecule has 0 amide bonds. The first kappa shape index (κ1) is 12.8. The Kier molecular flexibility index (Phi) is 4.91. The summed E-state index contributed by atoms with van der Waals surface area (Å²) < 4.78 is 0. The van der Waals surface area contributed by atoms with E-state index in [-0.39, 0.29) is 5.54 Å². The zero-order valence-electron chi connectivity index (χ0n) is 9.19. The van der Waals surface area contributed by atoms with Crippen molar-refractivity contribution in [3.05, 3.63) is 35.4 Å². The Balaban J connectivity index is 2.53. The molecule has 1 aromatic carbocycles. The average molecular weight is 246 g/mol. The zero-order chi connectivity index (χ0) is 11.3. The first-order valence-electron chi connectivity index (χ1n) is 5.02. The van der Waals surface area contributed by atoms with E-state index < -0.39 is 0 Å². The van der Waals surface area contributed by atoms with E-state index in [4.69, 9.17) is 23.2 Å². The minimum atomic E-state index is -0.187. The summed E-state index contributed by atoms with van der Waals surface area (Å²) in [7, 11) is 0. The van der Waals surface area contributed by atoms with Gasteiger partial charge in [0.1, 0.15) is 0 Å². The summed E-state index contributed by atoms with van der Waals surface area (Å²) in [6.45, 7) is 4.91. The predicted molar refractivity (Wildman–Crippen MR) is 67.9 cm³/mol. The van der Waals surface area contributed by atoms with Crippen LogP contribution in [0, 0.1) is 6.92 Å². The van der Waals surface area contributed by atoms with Crippen LogP contribution in [-0.4, -0.2) is 17.3 Å². The highest BCUT2D eigenvalue weighted by molar-refractivity contribution is 6.22. The second-order valence-corrected chi connectivity index (χ2v) is 4.70. The summed E-state index contributed by atoms with van der Waals surface area (Å²) >= 11 is 11.7. The number of rotatable bonds is 5. The molecule has 0 radical (unpaired) electrons. The molecule has 1 aromatic rings. The van der Waals surface area contributed by atoms with Crippen molar-refractivity contribution >= 4 is 23.2 Å². The van der Waals surface area contributed by atoms with Gasteiger partial charge < -0.3 is 5.32 Å². The standard InChI is InChI=1S/C12H17Cl2N/c1-10-3-5-11(6-4-10)7-15-12(2,8-13)9-14/h3-6,15H,7-9H2,1-2H3. The van der Waals surface area contributed by atoms with Crippen LogP contribution in [0.4, 0.5) is 0 Å². The maximum absolute atomic E-state index is 5.85. The summed E-state index contributed by atoms with van der Waals surface area (Å²) in [6.07, 6.45) is 0. The Morgan fingerprint density at radius 1 is 1.13 bits per heavy atom. The van der Waals surface area contributed by atoms with Gasteiger partial charge in [0.15, 0.2) is 0 Å². The highest BCUT2D eigenvalue weighted by Gasteiger charge is 2.20. The maximum atomic E-state index is 5.85. The number of benzene rings is 1. The lowest BCUT2D eigenvalue weighted by atomic mass is 10.1. The molecule has 0 saturated heterocycles. The van der Waals surface area contributed by atoms with E-state index in [1.54, 1.807) is 0 Å². The van der Waals surface area contributed by atoms with Gasteiger partial charge in [-0.25, -0.2) is 0 Å². The van der Waals surface area contributed by atoms with Crippen LogP contribution in [0.3, 0.4) is 0 Å². The van der Waals surface area contributed by atoms with Crippen molar-refractivity contribution in [2.75, 3.05) is 11.8 Å². The minimum absolute atomic E-state index is 0.187. The van der Waals surface area contributed by atoms with Crippen LogP contribution in [0.15, 0.2) is 24.3 Å². The zero-order valence-corrected chi connectivity index (χ0v) is 10.7. The summed E-state index contributed by atoms with van der Waals surface area (Å²) in [5, 5.41) is 3.37. The van der Waals surface area contributed by atoms with Crippen LogP contribution in [0.2, 0.25) is 0 Å². The molecular formula is C12H17Cl2N. The second-order valence-electron chi connectivity index (χ2n) is 4.17. The van der Waals surface area contributed by atoms with Crippen LogP contribution in [-0.2, 0) is 6.54 Å². The fourth-order valence-corrected chi connectivity index (χ4v) is 1.63. The van der Waals surface area contributed by atoms with E-state index in [0.29, 0.717) is 11.8 Å². The SMILES string of the molecule is Cc1ccc(CNC(C)(CCl)CCl)cc1. The van der Waals surface area contributed by atoms with Gasteiger partial charge in [-0.15, -0.1) is 23.2 Å². The van der Waals surface area contributed by atoms with E-state index in [1.807, 2.05) is 6.92 Å². The summed E-state index contributed by atoms with van der Waals surface area (Å²) in [6, 6.07) is 8.45. The molecule has 15 heavy (non-hydrogen) atoms. The number of hydrogen-bond acceptors (Lipinski definition) is 1. The van der Waals surface area contributed by atoms with Gasteiger partial charge in [0.2, 0.25) is 0 Å². The molecule has 0 aromatic heterocycles. The molecular weight excluding hydrogens is 229 g/mol. The summed E-state index contributed by atoms with van der Waals surface area (Å²) in [4.78, 5) is 0. The number of aryl methyl sites for hydroxylation is 1. The molecule has 0 fully saturated rings. The largest absolute Gasteiger partial charge is 0.305 e. The fourth-order valence-electron chi connectivity index (χ4n) is 1.15. The molecule has 0 spiro atoms. The van der Waals surface area contributed by atoms with Crippen molar-refractivity contribution in [2.24, 2.45) is 0 Å². The molecule has 0 aliphatic carbocycles. The highest BCUT2D eigenvalue weighted by atomic mass is 35.5. The topological polar surface area (TPSA) is 12.0 Å². The van der Waals surface area contributed by atoms with Gasteiger partial charge in [-0.3, -0.25) is 0 Å². The second kappa shape index (κ2) is 5.74. The van der Waals surface area contributed by atoms with Crippen LogP contribution in [0.25, 0.3) is 0 Å². The molecule has 1 nitrogen and oxygen atoms in total. The van der Waals surface area contributed by atoms with Crippen molar-refractivity contribution < 1.29 is 0 Å². The Morgan fingerprint density at radius 2 is 1.67 bits per heavy atom. The predicted octanol–water partition coefficient (Wildman–Crippen LogP) is 3.32. The Labute approximate surface area is 102 Å². The highest BCUT2D eigenvalue weighted by Crippen LogP contribution is 2.11. The van der Waals surface area contributed by atoms with E-state index in [2.05, 4.69) is 36.5 Å². The van der Waals surface area contributed by atoms with E-state index in [9.17, 15) is 0 Å². The lowest BCUT2D eigenvalue weighted by Gasteiger charge is -2.26. The Hall–Kier alpha value is -0.240. The quantitative estimate of drug-likeness (QED) is 0.786. The molecule has 0 saturated carbocycles. The molecule has 0 bridgehead atoms. The first-order valence-corrected chi connectivity index (χ1v) is 6.09.